The van der Waals surface area contributed by atoms with Crippen molar-refractivity contribution >= 4 is 17.7 Å². The number of amides is 1. The van der Waals surface area contributed by atoms with Gasteiger partial charge in [-0.15, -0.1) is 4.68 Å². The molecule has 1 heterocycles. The van der Waals surface area contributed by atoms with Gasteiger partial charge in [-0.25, -0.2) is 14.4 Å². The summed E-state index contributed by atoms with van der Waals surface area (Å²) in [4.78, 5) is 38.6. The number of hydrogen-bond acceptors (Lipinski definition) is 7. The van der Waals surface area contributed by atoms with Crippen LogP contribution in [0.25, 0.3) is 5.69 Å². The quantitative estimate of drug-likeness (QED) is 0.604. The molecule has 0 unspecified atom stereocenters. The SMILES string of the molecule is CCN(C(=O)n1nnn(-c2ccccc2OC)c1=O)c1cccc(C(=O)O)c1OC. The van der Waals surface area contributed by atoms with Gasteiger partial charge >= 0.3 is 17.7 Å². The van der Waals surface area contributed by atoms with Gasteiger partial charge in [0.1, 0.15) is 17.0 Å². The molecule has 0 aliphatic carbocycles. The Morgan fingerprint density at radius 3 is 2.43 bits per heavy atom. The summed E-state index contributed by atoms with van der Waals surface area (Å²) in [5.74, 6) is -0.843. The van der Waals surface area contributed by atoms with Gasteiger partial charge in [0.25, 0.3) is 0 Å². The van der Waals surface area contributed by atoms with E-state index in [1.807, 2.05) is 0 Å². The molecule has 11 heteroatoms. The fourth-order valence-electron chi connectivity index (χ4n) is 2.97. The minimum atomic E-state index is -1.21. The van der Waals surface area contributed by atoms with E-state index in [0.29, 0.717) is 16.1 Å². The molecule has 0 spiro atoms. The topological polar surface area (TPSA) is 129 Å². The lowest BCUT2D eigenvalue weighted by Gasteiger charge is -2.22. The maximum atomic E-state index is 13.1. The Kier molecular flexibility index (Phi) is 5.81. The summed E-state index contributed by atoms with van der Waals surface area (Å²) in [6, 6.07) is 10.2. The van der Waals surface area contributed by atoms with E-state index in [1.54, 1.807) is 31.2 Å². The van der Waals surface area contributed by atoms with Crippen LogP contribution >= 0.6 is 0 Å². The van der Waals surface area contributed by atoms with E-state index in [-0.39, 0.29) is 23.5 Å². The summed E-state index contributed by atoms with van der Waals surface area (Å²) in [6.45, 7) is 1.78. The smallest absolute Gasteiger partial charge is 0.377 e. The van der Waals surface area contributed by atoms with E-state index in [2.05, 4.69) is 10.4 Å². The third-order valence-electron chi connectivity index (χ3n) is 4.34. The number of benzene rings is 2. The number of carbonyl (C=O) groups excluding carboxylic acids is 1. The normalized spacial score (nSPS) is 10.5. The van der Waals surface area contributed by atoms with Crippen LogP contribution in [0.3, 0.4) is 0 Å². The zero-order valence-electron chi connectivity index (χ0n) is 16.5. The van der Waals surface area contributed by atoms with E-state index >= 15 is 0 Å². The number of tetrazole rings is 1. The van der Waals surface area contributed by atoms with Crippen LogP contribution in [0.1, 0.15) is 17.3 Å². The highest BCUT2D eigenvalue weighted by Crippen LogP contribution is 2.32. The number of anilines is 1. The first-order chi connectivity index (χ1) is 14.4. The minimum absolute atomic E-state index is 0.00892. The number of carboxylic acid groups (broad SMARTS) is 1. The molecule has 156 valence electrons. The molecule has 0 saturated heterocycles. The maximum Gasteiger partial charge on any atom is 0.377 e. The monoisotopic (exact) mass is 413 g/mol. The lowest BCUT2D eigenvalue weighted by molar-refractivity contribution is 0.0693. The summed E-state index contributed by atoms with van der Waals surface area (Å²) < 4.78 is 12.0. The number of carbonyl (C=O) groups is 2. The molecule has 1 amide bonds. The van der Waals surface area contributed by atoms with Crippen LogP contribution in [0, 0.1) is 0 Å². The standard InChI is InChI=1S/C19H19N5O6/c1-4-22(14-10-7-8-12(17(25)26)16(14)30-3)18(27)24-19(28)23(20-21-24)13-9-5-6-11-15(13)29-2/h5-11H,4H2,1-3H3,(H,25,26). The summed E-state index contributed by atoms with van der Waals surface area (Å²) in [5.41, 5.74) is -0.427. The molecule has 2 aromatic carbocycles. The minimum Gasteiger partial charge on any atom is -0.494 e. The van der Waals surface area contributed by atoms with Gasteiger partial charge in [-0.05, 0) is 41.6 Å². The highest BCUT2D eigenvalue weighted by molar-refractivity contribution is 5.99. The predicted octanol–water partition coefficient (Wildman–Crippen LogP) is 1.64. The van der Waals surface area contributed by atoms with Crippen LogP contribution in [0.2, 0.25) is 0 Å². The summed E-state index contributed by atoms with van der Waals surface area (Å²) in [7, 11) is 2.74. The summed E-state index contributed by atoms with van der Waals surface area (Å²) >= 11 is 0. The fourth-order valence-corrected chi connectivity index (χ4v) is 2.97. The van der Waals surface area contributed by atoms with Crippen LogP contribution in [0.5, 0.6) is 11.5 Å². The van der Waals surface area contributed by atoms with Crippen molar-refractivity contribution in [3.8, 4) is 17.2 Å². The van der Waals surface area contributed by atoms with Crippen molar-refractivity contribution in [3.63, 3.8) is 0 Å². The second-order valence-corrected chi connectivity index (χ2v) is 5.95. The number of rotatable bonds is 6. The molecule has 0 radical (unpaired) electrons. The van der Waals surface area contributed by atoms with E-state index in [9.17, 15) is 19.5 Å². The Morgan fingerprint density at radius 2 is 1.80 bits per heavy atom. The van der Waals surface area contributed by atoms with E-state index < -0.39 is 17.7 Å². The largest absolute Gasteiger partial charge is 0.494 e. The summed E-state index contributed by atoms with van der Waals surface area (Å²) in [6.07, 6.45) is 0. The van der Waals surface area contributed by atoms with E-state index in [1.165, 1.54) is 37.3 Å². The molecule has 3 rings (SSSR count). The number of aromatic nitrogens is 4. The molecule has 30 heavy (non-hydrogen) atoms. The summed E-state index contributed by atoms with van der Waals surface area (Å²) in [5, 5.41) is 16.8. The molecule has 11 nitrogen and oxygen atoms in total. The first-order valence-electron chi connectivity index (χ1n) is 8.85. The highest BCUT2D eigenvalue weighted by atomic mass is 16.5. The molecule has 3 aromatic rings. The molecule has 0 saturated carbocycles. The lowest BCUT2D eigenvalue weighted by Crippen LogP contribution is -2.41. The second-order valence-electron chi connectivity index (χ2n) is 5.95. The van der Waals surface area contributed by atoms with E-state index in [0.717, 1.165) is 4.68 Å². The molecule has 0 aliphatic rings. The van der Waals surface area contributed by atoms with Gasteiger partial charge in [0.05, 0.1) is 19.9 Å². The molecule has 0 aliphatic heterocycles. The zero-order valence-corrected chi connectivity index (χ0v) is 16.5. The first-order valence-corrected chi connectivity index (χ1v) is 8.85. The van der Waals surface area contributed by atoms with Crippen molar-refractivity contribution < 1.29 is 24.2 Å². The fraction of sp³-hybridized carbons (Fsp3) is 0.211. The number of ether oxygens (including phenoxy) is 2. The Bertz CT molecular complexity index is 1150. The maximum absolute atomic E-state index is 13.1. The van der Waals surface area contributed by atoms with Crippen molar-refractivity contribution in [1.29, 1.82) is 0 Å². The van der Waals surface area contributed by atoms with Crippen molar-refractivity contribution in [2.75, 3.05) is 25.7 Å². The average molecular weight is 413 g/mol. The average Bonchev–Trinajstić information content (AvgIpc) is 3.14. The van der Waals surface area contributed by atoms with Gasteiger partial charge in [0.2, 0.25) is 0 Å². The van der Waals surface area contributed by atoms with Gasteiger partial charge in [-0.1, -0.05) is 18.2 Å². The van der Waals surface area contributed by atoms with Crippen LogP contribution in [-0.2, 0) is 0 Å². The number of carboxylic acids is 1. The van der Waals surface area contributed by atoms with Gasteiger partial charge in [0.15, 0.2) is 5.75 Å². The van der Waals surface area contributed by atoms with Crippen molar-refractivity contribution in [2.24, 2.45) is 0 Å². The van der Waals surface area contributed by atoms with Crippen molar-refractivity contribution in [1.82, 2.24) is 19.8 Å². The Hall–Kier alpha value is -4.15. The van der Waals surface area contributed by atoms with Crippen LogP contribution in [-0.4, -0.2) is 57.7 Å². The molecule has 0 atom stereocenters. The van der Waals surface area contributed by atoms with Gasteiger partial charge in [-0.3, -0.25) is 4.90 Å². The van der Waals surface area contributed by atoms with Gasteiger partial charge in [0, 0.05) is 6.54 Å². The zero-order chi connectivity index (χ0) is 21.8. The number of hydrogen-bond donors (Lipinski definition) is 1. The van der Waals surface area contributed by atoms with Crippen LogP contribution in [0.4, 0.5) is 10.5 Å². The van der Waals surface area contributed by atoms with Crippen LogP contribution < -0.4 is 20.1 Å². The van der Waals surface area contributed by atoms with Gasteiger partial charge < -0.3 is 14.6 Å². The third-order valence-corrected chi connectivity index (χ3v) is 4.34. The molecule has 1 N–H and O–H groups in total. The molecule has 0 fully saturated rings. The van der Waals surface area contributed by atoms with E-state index in [4.69, 9.17) is 9.47 Å². The Morgan fingerprint density at radius 1 is 1.07 bits per heavy atom. The molecular weight excluding hydrogens is 394 g/mol. The highest BCUT2D eigenvalue weighted by Gasteiger charge is 2.27. The lowest BCUT2D eigenvalue weighted by atomic mass is 10.1. The Labute approximate surface area is 170 Å². The second kappa shape index (κ2) is 8.47. The van der Waals surface area contributed by atoms with Gasteiger partial charge in [-0.2, -0.15) is 4.68 Å². The van der Waals surface area contributed by atoms with Crippen LogP contribution in [0.15, 0.2) is 47.3 Å². The Balaban J connectivity index is 2.07. The number of para-hydroxylation sites is 3. The number of nitrogens with zero attached hydrogens (tertiary/aromatic N) is 5. The molecular formula is C19H19N5O6. The number of aromatic carboxylic acids is 1. The van der Waals surface area contributed by atoms with Crippen molar-refractivity contribution in [2.45, 2.75) is 6.92 Å². The third kappa shape index (κ3) is 3.48. The van der Waals surface area contributed by atoms with Crippen molar-refractivity contribution in [3.05, 3.63) is 58.5 Å². The molecule has 1 aromatic heterocycles. The molecule has 0 bridgehead atoms. The first kappa shape index (κ1) is 20.6. The predicted molar refractivity (Wildman–Crippen MR) is 106 cm³/mol. The number of methoxy groups -OCH3 is 2.